The summed E-state index contributed by atoms with van der Waals surface area (Å²) < 4.78 is 18.7. The molecule has 0 bridgehead atoms. The van der Waals surface area contributed by atoms with Crippen molar-refractivity contribution in [3.63, 3.8) is 0 Å². The molecular weight excluding hydrogens is 257 g/mol. The third-order valence-corrected chi connectivity index (χ3v) is 3.00. The minimum absolute atomic E-state index is 0.233. The average molecular weight is 273 g/mol. The summed E-state index contributed by atoms with van der Waals surface area (Å²) in [5, 5.41) is 0. The van der Waals surface area contributed by atoms with Crippen LogP contribution in [0, 0.1) is 12.7 Å². The molecule has 3 nitrogen and oxygen atoms in total. The van der Waals surface area contributed by atoms with E-state index in [0.29, 0.717) is 34.7 Å². The summed E-state index contributed by atoms with van der Waals surface area (Å²) in [6, 6.07) is 9.30. The Kier molecular flexibility index (Phi) is 4.03. The summed E-state index contributed by atoms with van der Waals surface area (Å²) in [6.07, 6.45) is 0. The lowest BCUT2D eigenvalue weighted by atomic mass is 10.00. The maximum atomic E-state index is 13.3. The molecule has 2 rings (SSSR count). The zero-order chi connectivity index (χ0) is 14.7. The first-order valence-corrected chi connectivity index (χ1v) is 6.36. The standard InChI is InChI=1S/C16H16FNO2/c1-3-20-16-12(5-4-6-14(16)18)15(19)11-7-8-13(17)10(2)9-11/h4-9H,3,18H2,1-2H3. The van der Waals surface area contributed by atoms with Crippen molar-refractivity contribution in [1.29, 1.82) is 0 Å². The van der Waals surface area contributed by atoms with E-state index in [1.54, 1.807) is 25.1 Å². The number of hydrogen-bond acceptors (Lipinski definition) is 3. The number of nitrogen functional groups attached to an aromatic ring is 1. The molecule has 2 aromatic carbocycles. The summed E-state index contributed by atoms with van der Waals surface area (Å²) in [6.45, 7) is 3.86. The Morgan fingerprint density at radius 1 is 1.30 bits per heavy atom. The Bertz CT molecular complexity index is 653. The van der Waals surface area contributed by atoms with Crippen molar-refractivity contribution < 1.29 is 13.9 Å². The Balaban J connectivity index is 2.47. The lowest BCUT2D eigenvalue weighted by Gasteiger charge is -2.12. The fraction of sp³-hybridized carbons (Fsp3) is 0.188. The Labute approximate surface area is 117 Å². The van der Waals surface area contributed by atoms with Crippen LogP contribution in [-0.4, -0.2) is 12.4 Å². The highest BCUT2D eigenvalue weighted by molar-refractivity contribution is 6.11. The number of ether oxygens (including phenoxy) is 1. The lowest BCUT2D eigenvalue weighted by Crippen LogP contribution is -2.08. The number of nitrogens with two attached hydrogens (primary N) is 1. The Morgan fingerprint density at radius 2 is 2.05 bits per heavy atom. The summed E-state index contributed by atoms with van der Waals surface area (Å²) in [7, 11) is 0. The summed E-state index contributed by atoms with van der Waals surface area (Å²) >= 11 is 0. The highest BCUT2D eigenvalue weighted by atomic mass is 19.1. The maximum Gasteiger partial charge on any atom is 0.196 e. The first kappa shape index (κ1) is 14.1. The van der Waals surface area contributed by atoms with Gasteiger partial charge in [-0.25, -0.2) is 4.39 Å². The molecule has 0 amide bonds. The van der Waals surface area contributed by atoms with Gasteiger partial charge in [0.15, 0.2) is 11.5 Å². The van der Waals surface area contributed by atoms with E-state index >= 15 is 0 Å². The van der Waals surface area contributed by atoms with Crippen LogP contribution < -0.4 is 10.5 Å². The van der Waals surface area contributed by atoms with Crippen molar-refractivity contribution in [2.75, 3.05) is 12.3 Å². The average Bonchev–Trinajstić information content (AvgIpc) is 2.43. The van der Waals surface area contributed by atoms with Gasteiger partial charge in [0.1, 0.15) is 5.82 Å². The van der Waals surface area contributed by atoms with Gasteiger partial charge in [-0.1, -0.05) is 6.07 Å². The molecule has 0 saturated heterocycles. The van der Waals surface area contributed by atoms with Crippen molar-refractivity contribution in [2.45, 2.75) is 13.8 Å². The van der Waals surface area contributed by atoms with Gasteiger partial charge in [0.25, 0.3) is 0 Å². The van der Waals surface area contributed by atoms with Gasteiger partial charge in [-0.05, 0) is 49.7 Å². The number of carbonyl (C=O) groups excluding carboxylic acids is 1. The van der Waals surface area contributed by atoms with Crippen LogP contribution in [0.1, 0.15) is 28.4 Å². The fourth-order valence-corrected chi connectivity index (χ4v) is 1.98. The second-order valence-corrected chi connectivity index (χ2v) is 4.45. The topological polar surface area (TPSA) is 52.3 Å². The number of ketones is 1. The molecule has 0 aliphatic carbocycles. The highest BCUT2D eigenvalue weighted by Gasteiger charge is 2.17. The maximum absolute atomic E-state index is 13.3. The molecule has 4 heteroatoms. The molecule has 104 valence electrons. The van der Waals surface area contributed by atoms with Crippen molar-refractivity contribution in [3.05, 3.63) is 58.9 Å². The van der Waals surface area contributed by atoms with E-state index in [0.717, 1.165) is 0 Å². The fourth-order valence-electron chi connectivity index (χ4n) is 1.98. The molecule has 20 heavy (non-hydrogen) atoms. The normalized spacial score (nSPS) is 10.3. The molecule has 2 N–H and O–H groups in total. The SMILES string of the molecule is CCOc1c(N)cccc1C(=O)c1ccc(F)c(C)c1. The largest absolute Gasteiger partial charge is 0.491 e. The van der Waals surface area contributed by atoms with Crippen molar-refractivity contribution in [3.8, 4) is 5.75 Å². The number of anilines is 1. The highest BCUT2D eigenvalue weighted by Crippen LogP contribution is 2.28. The molecule has 0 atom stereocenters. The number of halogens is 1. The Hall–Kier alpha value is -2.36. The summed E-state index contributed by atoms with van der Waals surface area (Å²) in [5.41, 5.74) is 7.48. The van der Waals surface area contributed by atoms with Crippen LogP contribution in [0.25, 0.3) is 0 Å². The predicted octanol–water partition coefficient (Wildman–Crippen LogP) is 3.35. The minimum Gasteiger partial charge on any atom is -0.491 e. The van der Waals surface area contributed by atoms with Crippen LogP contribution >= 0.6 is 0 Å². The van der Waals surface area contributed by atoms with E-state index < -0.39 is 0 Å². The van der Waals surface area contributed by atoms with Gasteiger partial charge < -0.3 is 10.5 Å². The first-order chi connectivity index (χ1) is 9.54. The molecule has 0 aromatic heterocycles. The van der Waals surface area contributed by atoms with Gasteiger partial charge in [-0.2, -0.15) is 0 Å². The van der Waals surface area contributed by atoms with Crippen LogP contribution in [-0.2, 0) is 0 Å². The van der Waals surface area contributed by atoms with Gasteiger partial charge in [0.2, 0.25) is 0 Å². The summed E-state index contributed by atoms with van der Waals surface area (Å²) in [4.78, 5) is 12.5. The van der Waals surface area contributed by atoms with Crippen LogP contribution in [0.2, 0.25) is 0 Å². The van der Waals surface area contributed by atoms with Gasteiger partial charge >= 0.3 is 0 Å². The third-order valence-electron chi connectivity index (χ3n) is 3.00. The number of rotatable bonds is 4. The van der Waals surface area contributed by atoms with Crippen molar-refractivity contribution in [2.24, 2.45) is 0 Å². The third kappa shape index (κ3) is 2.64. The first-order valence-electron chi connectivity index (χ1n) is 6.36. The lowest BCUT2D eigenvalue weighted by molar-refractivity contribution is 0.103. The minimum atomic E-state index is -0.334. The van der Waals surface area contributed by atoms with Gasteiger partial charge in [0.05, 0.1) is 17.9 Å². The second-order valence-electron chi connectivity index (χ2n) is 4.45. The second kappa shape index (κ2) is 5.74. The molecular formula is C16H16FNO2. The molecule has 0 radical (unpaired) electrons. The monoisotopic (exact) mass is 273 g/mol. The molecule has 0 fully saturated rings. The summed E-state index contributed by atoms with van der Waals surface area (Å²) in [5.74, 6) is -0.190. The number of hydrogen-bond donors (Lipinski definition) is 1. The van der Waals surface area contributed by atoms with Crippen LogP contribution in [0.15, 0.2) is 36.4 Å². The number of benzene rings is 2. The van der Waals surface area contributed by atoms with Crippen LogP contribution in [0.4, 0.5) is 10.1 Å². The molecule has 0 aliphatic heterocycles. The van der Waals surface area contributed by atoms with E-state index in [4.69, 9.17) is 10.5 Å². The molecule has 0 saturated carbocycles. The van der Waals surface area contributed by atoms with Crippen molar-refractivity contribution >= 4 is 11.5 Å². The molecule has 2 aromatic rings. The molecule has 0 spiro atoms. The Morgan fingerprint density at radius 3 is 2.70 bits per heavy atom. The van der Waals surface area contributed by atoms with E-state index in [9.17, 15) is 9.18 Å². The van der Waals surface area contributed by atoms with Gasteiger partial charge in [-0.3, -0.25) is 4.79 Å². The zero-order valence-electron chi connectivity index (χ0n) is 11.4. The van der Waals surface area contributed by atoms with Crippen LogP contribution in [0.3, 0.4) is 0 Å². The molecule has 0 heterocycles. The molecule has 0 unspecified atom stereocenters. The van der Waals surface area contributed by atoms with E-state index in [1.807, 2.05) is 6.92 Å². The zero-order valence-corrected chi connectivity index (χ0v) is 11.4. The van der Waals surface area contributed by atoms with E-state index in [1.165, 1.54) is 18.2 Å². The number of carbonyl (C=O) groups is 1. The van der Waals surface area contributed by atoms with Gasteiger partial charge in [0, 0.05) is 5.56 Å². The number of aryl methyl sites for hydroxylation is 1. The number of para-hydroxylation sites is 1. The van der Waals surface area contributed by atoms with E-state index in [-0.39, 0.29) is 11.6 Å². The van der Waals surface area contributed by atoms with Crippen LogP contribution in [0.5, 0.6) is 5.75 Å². The van der Waals surface area contributed by atoms with Crippen molar-refractivity contribution in [1.82, 2.24) is 0 Å². The predicted molar refractivity (Wildman–Crippen MR) is 76.6 cm³/mol. The smallest absolute Gasteiger partial charge is 0.196 e. The van der Waals surface area contributed by atoms with E-state index in [2.05, 4.69) is 0 Å². The quantitative estimate of drug-likeness (QED) is 0.686. The molecule has 0 aliphatic rings. The van der Waals surface area contributed by atoms with Gasteiger partial charge in [-0.15, -0.1) is 0 Å².